The molecule has 0 fully saturated rings. The van der Waals surface area contributed by atoms with Gasteiger partial charge in [-0.25, -0.2) is 0 Å². The number of para-hydroxylation sites is 4. The van der Waals surface area contributed by atoms with Crippen molar-refractivity contribution in [3.63, 3.8) is 0 Å². The molecule has 0 saturated carbocycles. The van der Waals surface area contributed by atoms with Gasteiger partial charge < -0.3 is 14.2 Å². The Labute approximate surface area is 250 Å². The molecular formula is C40H28N2O. The van der Waals surface area contributed by atoms with Crippen molar-refractivity contribution in [2.45, 2.75) is 0 Å². The Morgan fingerprint density at radius 1 is 0.326 bits per heavy atom. The van der Waals surface area contributed by atoms with Gasteiger partial charge in [0.25, 0.3) is 0 Å². The molecule has 1 aromatic heterocycles. The zero-order chi connectivity index (χ0) is 28.6. The molecule has 1 heterocycles. The normalized spacial score (nSPS) is 11.3. The molecule has 3 heteroatoms. The lowest BCUT2D eigenvalue weighted by Crippen LogP contribution is -2.13. The fraction of sp³-hybridized carbons (Fsp3) is 0. The summed E-state index contributed by atoms with van der Waals surface area (Å²) in [7, 11) is 0. The summed E-state index contributed by atoms with van der Waals surface area (Å²) in [5.41, 5.74) is 8.07. The van der Waals surface area contributed by atoms with Crippen molar-refractivity contribution in [2.24, 2.45) is 0 Å². The molecule has 3 nitrogen and oxygen atoms in total. The highest BCUT2D eigenvalue weighted by Crippen LogP contribution is 2.47. The smallest absolute Gasteiger partial charge is 0.159 e. The first-order valence-corrected chi connectivity index (χ1v) is 14.5. The van der Waals surface area contributed by atoms with E-state index in [0.717, 1.165) is 66.8 Å². The molecule has 0 aliphatic heterocycles. The van der Waals surface area contributed by atoms with Crippen LogP contribution < -0.4 is 9.80 Å². The maximum Gasteiger partial charge on any atom is 0.159 e. The van der Waals surface area contributed by atoms with E-state index < -0.39 is 0 Å². The number of rotatable bonds is 6. The number of hydrogen-bond donors (Lipinski definition) is 0. The van der Waals surface area contributed by atoms with Crippen molar-refractivity contribution in [2.75, 3.05) is 9.80 Å². The molecule has 0 bridgehead atoms. The highest BCUT2D eigenvalue weighted by molar-refractivity contribution is 6.18. The van der Waals surface area contributed by atoms with Crippen molar-refractivity contribution in [3.8, 4) is 0 Å². The van der Waals surface area contributed by atoms with Crippen LogP contribution in [0, 0.1) is 0 Å². The number of benzene rings is 7. The third-order valence-electron chi connectivity index (χ3n) is 7.98. The van der Waals surface area contributed by atoms with E-state index in [1.54, 1.807) is 0 Å². The molecule has 0 spiro atoms. The second kappa shape index (κ2) is 10.6. The molecule has 0 unspecified atom stereocenters. The molecule has 8 aromatic rings. The van der Waals surface area contributed by atoms with Crippen molar-refractivity contribution >= 4 is 66.8 Å². The predicted octanol–water partition coefficient (Wildman–Crippen LogP) is 11.7. The van der Waals surface area contributed by atoms with Crippen LogP contribution in [0.3, 0.4) is 0 Å². The van der Waals surface area contributed by atoms with E-state index in [0.29, 0.717) is 0 Å². The molecule has 7 aromatic carbocycles. The first-order chi connectivity index (χ1) is 21.3. The van der Waals surface area contributed by atoms with Crippen LogP contribution in [0.5, 0.6) is 0 Å². The van der Waals surface area contributed by atoms with E-state index in [-0.39, 0.29) is 0 Å². The molecule has 0 atom stereocenters. The fourth-order valence-electron chi connectivity index (χ4n) is 6.05. The number of anilines is 6. The Morgan fingerprint density at radius 2 is 0.814 bits per heavy atom. The lowest BCUT2D eigenvalue weighted by atomic mass is 10.0. The molecule has 0 aliphatic carbocycles. The summed E-state index contributed by atoms with van der Waals surface area (Å²) in [6.45, 7) is 0. The number of fused-ring (bicyclic) bond motifs is 5. The van der Waals surface area contributed by atoms with Gasteiger partial charge in [-0.3, -0.25) is 0 Å². The topological polar surface area (TPSA) is 19.6 Å². The van der Waals surface area contributed by atoms with Gasteiger partial charge in [-0.05, 0) is 72.1 Å². The van der Waals surface area contributed by atoms with Crippen LogP contribution in [0.1, 0.15) is 0 Å². The van der Waals surface area contributed by atoms with Gasteiger partial charge in [0.1, 0.15) is 5.58 Å². The van der Waals surface area contributed by atoms with E-state index in [1.807, 2.05) is 0 Å². The van der Waals surface area contributed by atoms with Gasteiger partial charge in [0.05, 0.1) is 5.69 Å². The van der Waals surface area contributed by atoms with Gasteiger partial charge in [0.2, 0.25) is 0 Å². The Bertz CT molecular complexity index is 2090. The zero-order valence-corrected chi connectivity index (χ0v) is 23.5. The maximum absolute atomic E-state index is 6.91. The van der Waals surface area contributed by atoms with E-state index in [4.69, 9.17) is 4.42 Å². The molecule has 0 aliphatic rings. The average Bonchev–Trinajstić information content (AvgIpc) is 3.46. The lowest BCUT2D eigenvalue weighted by molar-refractivity contribution is 0.673. The monoisotopic (exact) mass is 552 g/mol. The minimum Gasteiger partial charge on any atom is -0.453 e. The molecule has 204 valence electrons. The maximum atomic E-state index is 6.91. The minimum atomic E-state index is 0.851. The lowest BCUT2D eigenvalue weighted by Gasteiger charge is -2.29. The summed E-state index contributed by atoms with van der Waals surface area (Å²) in [4.78, 5) is 4.61. The summed E-state index contributed by atoms with van der Waals surface area (Å²) in [5.74, 6) is 0. The van der Waals surface area contributed by atoms with Gasteiger partial charge in [0.15, 0.2) is 5.58 Å². The standard InChI is InChI=1S/C40H28N2O/c1-5-16-30(17-6-1)41(31-18-7-2-8-19-31)34-27-37-36-26-25-29-15-13-14-24-35(29)39(36)43-40(37)38(28-34)42(32-20-9-3-10-21-32)33-22-11-4-12-23-33/h1-28H. The van der Waals surface area contributed by atoms with E-state index >= 15 is 0 Å². The highest BCUT2D eigenvalue weighted by atomic mass is 16.3. The van der Waals surface area contributed by atoms with Crippen molar-refractivity contribution in [1.29, 1.82) is 0 Å². The van der Waals surface area contributed by atoms with E-state index in [1.165, 1.54) is 0 Å². The van der Waals surface area contributed by atoms with Crippen molar-refractivity contribution in [1.82, 2.24) is 0 Å². The van der Waals surface area contributed by atoms with Crippen LogP contribution in [0.15, 0.2) is 174 Å². The Hall–Kier alpha value is -5.80. The second-order valence-electron chi connectivity index (χ2n) is 10.6. The highest BCUT2D eigenvalue weighted by Gasteiger charge is 2.24. The van der Waals surface area contributed by atoms with Crippen LogP contribution in [0.4, 0.5) is 34.1 Å². The van der Waals surface area contributed by atoms with Gasteiger partial charge in [0, 0.05) is 44.6 Å². The summed E-state index contributed by atoms with van der Waals surface area (Å²) in [5, 5.41) is 4.44. The first kappa shape index (κ1) is 25.0. The van der Waals surface area contributed by atoms with Crippen LogP contribution >= 0.6 is 0 Å². The van der Waals surface area contributed by atoms with Crippen LogP contribution in [0.2, 0.25) is 0 Å². The molecular weight excluding hydrogens is 524 g/mol. The first-order valence-electron chi connectivity index (χ1n) is 14.5. The summed E-state index contributed by atoms with van der Waals surface area (Å²) < 4.78 is 6.91. The largest absolute Gasteiger partial charge is 0.453 e. The van der Waals surface area contributed by atoms with Gasteiger partial charge in [-0.2, -0.15) is 0 Å². The fourth-order valence-corrected chi connectivity index (χ4v) is 6.05. The van der Waals surface area contributed by atoms with E-state index in [9.17, 15) is 0 Å². The molecule has 43 heavy (non-hydrogen) atoms. The molecule has 0 amide bonds. The molecule has 0 radical (unpaired) electrons. The minimum absolute atomic E-state index is 0.851. The molecule has 0 saturated heterocycles. The molecule has 0 N–H and O–H groups in total. The number of furan rings is 1. The third kappa shape index (κ3) is 4.39. The quantitative estimate of drug-likeness (QED) is 0.205. The number of nitrogens with zero attached hydrogens (tertiary/aromatic N) is 2. The Balaban J connectivity index is 1.49. The second-order valence-corrected chi connectivity index (χ2v) is 10.6. The zero-order valence-electron chi connectivity index (χ0n) is 23.5. The van der Waals surface area contributed by atoms with Gasteiger partial charge in [-0.15, -0.1) is 0 Å². The van der Waals surface area contributed by atoms with Gasteiger partial charge in [-0.1, -0.05) is 103 Å². The predicted molar refractivity (Wildman–Crippen MR) is 181 cm³/mol. The van der Waals surface area contributed by atoms with Crippen LogP contribution in [-0.4, -0.2) is 0 Å². The summed E-state index contributed by atoms with van der Waals surface area (Å²) in [6, 6.07) is 59.5. The van der Waals surface area contributed by atoms with Crippen molar-refractivity contribution < 1.29 is 4.42 Å². The molecule has 8 rings (SSSR count). The summed E-state index contributed by atoms with van der Waals surface area (Å²) >= 11 is 0. The van der Waals surface area contributed by atoms with Crippen molar-refractivity contribution in [3.05, 3.63) is 170 Å². The van der Waals surface area contributed by atoms with E-state index in [2.05, 4.69) is 180 Å². The SMILES string of the molecule is c1ccc(N(c2ccccc2)c2cc(N(c3ccccc3)c3ccccc3)c3oc4c5ccccc5ccc4c3c2)cc1. The summed E-state index contributed by atoms with van der Waals surface area (Å²) in [6.07, 6.45) is 0. The average molecular weight is 553 g/mol. The van der Waals surface area contributed by atoms with Gasteiger partial charge >= 0.3 is 0 Å². The Kier molecular flexibility index (Phi) is 6.12. The van der Waals surface area contributed by atoms with Crippen LogP contribution in [0.25, 0.3) is 32.7 Å². The third-order valence-corrected chi connectivity index (χ3v) is 7.98. The van der Waals surface area contributed by atoms with Crippen LogP contribution in [-0.2, 0) is 0 Å². The number of hydrogen-bond acceptors (Lipinski definition) is 3. The Morgan fingerprint density at radius 3 is 1.37 bits per heavy atom.